The number of carbonyl (C=O) groups is 1. The Kier molecular flexibility index (Phi) is 7.72. The lowest BCUT2D eigenvalue weighted by Crippen LogP contribution is -2.27. The van der Waals surface area contributed by atoms with Crippen molar-refractivity contribution >= 4 is 23.1 Å². The summed E-state index contributed by atoms with van der Waals surface area (Å²) in [6, 6.07) is 22.3. The van der Waals surface area contributed by atoms with Crippen molar-refractivity contribution in [3.63, 3.8) is 0 Å². The van der Waals surface area contributed by atoms with Crippen LogP contribution in [0.4, 0.5) is 6.01 Å². The van der Waals surface area contributed by atoms with Crippen LogP contribution in [0.3, 0.4) is 0 Å². The fourth-order valence-electron chi connectivity index (χ4n) is 3.67. The van der Waals surface area contributed by atoms with Crippen LogP contribution >= 0.6 is 0 Å². The van der Waals surface area contributed by atoms with Gasteiger partial charge in [-0.05, 0) is 54.8 Å². The van der Waals surface area contributed by atoms with Gasteiger partial charge < -0.3 is 29.0 Å². The first-order valence-electron chi connectivity index (χ1n) is 11.5. The van der Waals surface area contributed by atoms with Gasteiger partial charge in [0.2, 0.25) is 0 Å². The Balaban J connectivity index is 1.51. The molecule has 8 nitrogen and oxygen atoms in total. The number of rotatable bonds is 12. The van der Waals surface area contributed by atoms with Crippen LogP contribution in [-0.4, -0.2) is 40.4 Å². The van der Waals surface area contributed by atoms with Crippen molar-refractivity contribution in [2.75, 3.05) is 18.1 Å². The number of phenolic OH excluding ortho intramolecular Hbond substituents is 1. The first-order valence-corrected chi connectivity index (χ1v) is 11.5. The third kappa shape index (κ3) is 6.23. The first-order chi connectivity index (χ1) is 17.0. The Hall–Kier alpha value is -4.20. The Bertz CT molecular complexity index is 1260. The highest BCUT2D eigenvalue weighted by atomic mass is 16.5. The summed E-state index contributed by atoms with van der Waals surface area (Å²) in [5, 5.41) is 19.5. The van der Waals surface area contributed by atoms with Gasteiger partial charge in [0.15, 0.2) is 17.2 Å². The number of carboxylic acid groups (broad SMARTS) is 1. The number of phenols is 1. The number of aromatic nitrogens is 1. The zero-order valence-electron chi connectivity index (χ0n) is 19.5. The third-order valence-electron chi connectivity index (χ3n) is 5.44. The summed E-state index contributed by atoms with van der Waals surface area (Å²) < 4.78 is 17.4. The molecular weight excluding hydrogens is 448 g/mol. The fourth-order valence-corrected chi connectivity index (χ4v) is 3.67. The minimum Gasteiger partial charge on any atom is -0.506 e. The average Bonchev–Trinajstić information content (AvgIpc) is 3.31. The highest BCUT2D eigenvalue weighted by molar-refractivity contribution is 5.80. The molecule has 1 aromatic heterocycles. The minimum absolute atomic E-state index is 0.0551. The lowest BCUT2D eigenvalue weighted by molar-refractivity contribution is -0.145. The zero-order valence-corrected chi connectivity index (χ0v) is 19.5. The van der Waals surface area contributed by atoms with Gasteiger partial charge in [-0.25, -0.2) is 4.79 Å². The van der Waals surface area contributed by atoms with E-state index in [-0.39, 0.29) is 5.75 Å². The standard InChI is InChI=1S/C27H28N2O6/c1-2-23(26(31)32)34-21-12-6-9-19(17-21)18-29(15-8-16-33-20-10-4-3-5-11-20)27-28-25-22(30)13-7-14-24(25)35-27/h3-7,9-14,17,23,30H,2,8,15-16,18H2,1H3,(H,31,32). The molecule has 3 aromatic carbocycles. The molecule has 0 bridgehead atoms. The third-order valence-corrected chi connectivity index (χ3v) is 5.44. The number of oxazole rings is 1. The second-order valence-corrected chi connectivity index (χ2v) is 8.06. The zero-order chi connectivity index (χ0) is 24.6. The van der Waals surface area contributed by atoms with Crippen molar-refractivity contribution in [3.05, 3.63) is 78.4 Å². The van der Waals surface area contributed by atoms with E-state index in [0.29, 0.717) is 55.4 Å². The van der Waals surface area contributed by atoms with Crippen molar-refractivity contribution in [2.45, 2.75) is 32.4 Å². The largest absolute Gasteiger partial charge is 0.506 e. The van der Waals surface area contributed by atoms with Gasteiger partial charge in [0.1, 0.15) is 17.2 Å². The van der Waals surface area contributed by atoms with Crippen LogP contribution in [0.15, 0.2) is 77.2 Å². The number of para-hydroxylation sites is 2. The number of aromatic hydroxyl groups is 1. The monoisotopic (exact) mass is 476 g/mol. The number of nitrogens with zero attached hydrogens (tertiary/aromatic N) is 2. The molecule has 0 radical (unpaired) electrons. The van der Waals surface area contributed by atoms with Crippen LogP contribution in [0.2, 0.25) is 0 Å². The van der Waals surface area contributed by atoms with Crippen LogP contribution in [0.5, 0.6) is 17.2 Å². The van der Waals surface area contributed by atoms with Crippen molar-refractivity contribution in [1.29, 1.82) is 0 Å². The van der Waals surface area contributed by atoms with Crippen molar-refractivity contribution in [2.24, 2.45) is 0 Å². The predicted molar refractivity (Wildman–Crippen MR) is 132 cm³/mol. The molecule has 0 saturated carbocycles. The van der Waals surface area contributed by atoms with Crippen LogP contribution in [-0.2, 0) is 11.3 Å². The van der Waals surface area contributed by atoms with Gasteiger partial charge in [-0.15, -0.1) is 0 Å². The summed E-state index contributed by atoms with van der Waals surface area (Å²) >= 11 is 0. The topological polar surface area (TPSA) is 105 Å². The molecule has 8 heteroatoms. The van der Waals surface area contributed by atoms with E-state index in [1.165, 1.54) is 0 Å². The van der Waals surface area contributed by atoms with E-state index in [9.17, 15) is 15.0 Å². The van der Waals surface area contributed by atoms with Crippen molar-refractivity contribution < 1.29 is 28.9 Å². The summed E-state index contributed by atoms with van der Waals surface area (Å²) in [5.41, 5.74) is 1.80. The van der Waals surface area contributed by atoms with Gasteiger partial charge in [0.25, 0.3) is 6.01 Å². The molecule has 182 valence electrons. The molecule has 0 aliphatic carbocycles. The molecule has 1 heterocycles. The van der Waals surface area contributed by atoms with Gasteiger partial charge in [0.05, 0.1) is 6.61 Å². The first kappa shape index (κ1) is 23.9. The maximum absolute atomic E-state index is 11.4. The molecule has 1 unspecified atom stereocenters. The highest BCUT2D eigenvalue weighted by Gasteiger charge is 2.19. The number of carboxylic acids is 1. The van der Waals surface area contributed by atoms with Crippen molar-refractivity contribution in [3.8, 4) is 17.2 Å². The van der Waals surface area contributed by atoms with Gasteiger partial charge in [-0.3, -0.25) is 0 Å². The number of aliphatic carboxylic acids is 1. The minimum atomic E-state index is -0.996. The smallest absolute Gasteiger partial charge is 0.344 e. The van der Waals surface area contributed by atoms with Gasteiger partial charge in [-0.2, -0.15) is 4.98 Å². The summed E-state index contributed by atoms with van der Waals surface area (Å²) in [7, 11) is 0. The molecule has 4 aromatic rings. The molecule has 0 aliphatic heterocycles. The summed E-state index contributed by atoms with van der Waals surface area (Å²) in [5.74, 6) is 0.350. The second-order valence-electron chi connectivity index (χ2n) is 8.06. The number of hydrogen-bond acceptors (Lipinski definition) is 7. The SMILES string of the molecule is CCC(Oc1cccc(CN(CCCOc2ccccc2)c2nc3c(O)cccc3o2)c1)C(=O)O. The van der Waals surface area contributed by atoms with E-state index >= 15 is 0 Å². The van der Waals surface area contributed by atoms with E-state index in [2.05, 4.69) is 4.98 Å². The quantitative estimate of drug-likeness (QED) is 0.267. The molecule has 0 saturated heterocycles. The maximum atomic E-state index is 11.4. The molecule has 2 N–H and O–H groups in total. The predicted octanol–water partition coefficient (Wildman–Crippen LogP) is 5.25. The Morgan fingerprint density at radius 2 is 1.83 bits per heavy atom. The Labute approximate surface area is 203 Å². The molecule has 0 aliphatic rings. The normalized spacial score (nSPS) is 11.8. The molecule has 1 atom stereocenters. The van der Waals surface area contributed by atoms with Crippen LogP contribution in [0, 0.1) is 0 Å². The fraction of sp³-hybridized carbons (Fsp3) is 0.259. The number of fused-ring (bicyclic) bond motifs is 1. The number of anilines is 1. The van der Waals surface area contributed by atoms with E-state index < -0.39 is 12.1 Å². The molecule has 0 amide bonds. The van der Waals surface area contributed by atoms with E-state index in [1.807, 2.05) is 53.4 Å². The van der Waals surface area contributed by atoms with Crippen LogP contribution in [0.25, 0.3) is 11.1 Å². The molecular formula is C27H28N2O6. The van der Waals surface area contributed by atoms with Crippen molar-refractivity contribution in [1.82, 2.24) is 4.98 Å². The lowest BCUT2D eigenvalue weighted by atomic mass is 10.2. The summed E-state index contributed by atoms with van der Waals surface area (Å²) in [6.07, 6.45) is 0.156. The number of hydrogen-bond donors (Lipinski definition) is 2. The van der Waals surface area contributed by atoms with Crippen LogP contribution < -0.4 is 14.4 Å². The molecule has 0 spiro atoms. The maximum Gasteiger partial charge on any atom is 0.344 e. The second kappa shape index (κ2) is 11.3. The van der Waals surface area contributed by atoms with E-state index in [0.717, 1.165) is 11.3 Å². The van der Waals surface area contributed by atoms with Crippen LogP contribution in [0.1, 0.15) is 25.3 Å². The Morgan fingerprint density at radius 1 is 1.06 bits per heavy atom. The highest BCUT2D eigenvalue weighted by Crippen LogP contribution is 2.29. The van der Waals surface area contributed by atoms with E-state index in [1.54, 1.807) is 31.2 Å². The summed E-state index contributed by atoms with van der Waals surface area (Å²) in [4.78, 5) is 17.8. The lowest BCUT2D eigenvalue weighted by Gasteiger charge is -2.21. The van der Waals surface area contributed by atoms with Gasteiger partial charge >= 0.3 is 5.97 Å². The summed E-state index contributed by atoms with van der Waals surface area (Å²) in [6.45, 7) is 3.30. The molecule has 0 fully saturated rings. The number of ether oxygens (including phenoxy) is 2. The number of benzene rings is 3. The Morgan fingerprint density at radius 3 is 2.57 bits per heavy atom. The molecule has 35 heavy (non-hydrogen) atoms. The van der Waals surface area contributed by atoms with Gasteiger partial charge in [0, 0.05) is 13.1 Å². The van der Waals surface area contributed by atoms with E-state index in [4.69, 9.17) is 13.9 Å². The average molecular weight is 477 g/mol. The van der Waals surface area contributed by atoms with Gasteiger partial charge in [-0.1, -0.05) is 43.3 Å². The molecule has 4 rings (SSSR count).